The van der Waals surface area contributed by atoms with Crippen molar-refractivity contribution in [1.29, 1.82) is 0 Å². The molecule has 1 unspecified atom stereocenters. The number of thioether (sulfide) groups is 1. The number of methoxy groups -OCH3 is 1. The van der Waals surface area contributed by atoms with E-state index in [1.54, 1.807) is 47.4 Å². The molecular formula is C25H21N3O4S2. The third kappa shape index (κ3) is 3.97. The zero-order chi connectivity index (χ0) is 23.8. The predicted molar refractivity (Wildman–Crippen MR) is 136 cm³/mol. The highest BCUT2D eigenvalue weighted by atomic mass is 32.2. The molecule has 1 aliphatic rings. The lowest BCUT2D eigenvalue weighted by Gasteiger charge is -2.16. The van der Waals surface area contributed by atoms with E-state index in [0.717, 1.165) is 14.3 Å². The highest BCUT2D eigenvalue weighted by Crippen LogP contribution is 2.47. The number of hydrogen-bond acceptors (Lipinski definition) is 7. The fraction of sp³-hybridized carbons (Fsp3) is 0.160. The van der Waals surface area contributed by atoms with Gasteiger partial charge in [0.15, 0.2) is 0 Å². The Labute approximate surface area is 203 Å². The van der Waals surface area contributed by atoms with Crippen LogP contribution in [-0.4, -0.2) is 27.5 Å². The number of H-pyrrole nitrogens is 1. The van der Waals surface area contributed by atoms with E-state index in [-0.39, 0.29) is 10.8 Å². The summed E-state index contributed by atoms with van der Waals surface area (Å²) in [6.07, 6.45) is 0.403. The summed E-state index contributed by atoms with van der Waals surface area (Å²) in [7, 11) is 1.48. The average Bonchev–Trinajstić information content (AvgIpc) is 3.16. The number of fused-ring (bicyclic) bond motifs is 1. The first-order valence-electron chi connectivity index (χ1n) is 10.6. The maximum atomic E-state index is 13.0. The Balaban J connectivity index is 1.73. The van der Waals surface area contributed by atoms with Gasteiger partial charge in [-0.2, -0.15) is 0 Å². The van der Waals surface area contributed by atoms with Gasteiger partial charge in [-0.1, -0.05) is 24.3 Å². The second-order valence-electron chi connectivity index (χ2n) is 7.75. The molecule has 5 rings (SSSR count). The van der Waals surface area contributed by atoms with Crippen LogP contribution in [0.3, 0.4) is 0 Å². The van der Waals surface area contributed by atoms with Gasteiger partial charge in [0.05, 0.1) is 24.2 Å². The lowest BCUT2D eigenvalue weighted by Crippen LogP contribution is -2.33. The van der Waals surface area contributed by atoms with Crippen molar-refractivity contribution in [2.45, 2.75) is 23.5 Å². The average molecular weight is 492 g/mol. The van der Waals surface area contributed by atoms with Gasteiger partial charge in [0.1, 0.15) is 11.3 Å². The minimum absolute atomic E-state index is 0.00783. The van der Waals surface area contributed by atoms with Crippen LogP contribution < -0.4 is 16.0 Å². The van der Waals surface area contributed by atoms with Crippen molar-refractivity contribution in [1.82, 2.24) is 9.55 Å². The number of aromatic hydroxyl groups is 1. The van der Waals surface area contributed by atoms with Crippen molar-refractivity contribution >= 4 is 34.5 Å². The van der Waals surface area contributed by atoms with Crippen molar-refractivity contribution in [2.24, 2.45) is 4.99 Å². The number of benzene rings is 2. The number of ether oxygens (including phenoxy) is 1. The summed E-state index contributed by atoms with van der Waals surface area (Å²) in [5, 5.41) is 11.3. The molecule has 2 N–H and O–H groups in total. The largest absolute Gasteiger partial charge is 0.495 e. The SMILES string of the molecule is COc1ccccc1-n1c(O)c(C2=Nc3ccccc3SC(c3ccc(C)s3)C2)c(=O)[nH]c1=O. The smallest absolute Gasteiger partial charge is 0.335 e. The van der Waals surface area contributed by atoms with Gasteiger partial charge in [-0.25, -0.2) is 9.36 Å². The Kier molecular flexibility index (Phi) is 5.89. The second kappa shape index (κ2) is 9.00. The first-order chi connectivity index (χ1) is 16.5. The number of nitrogens with one attached hydrogen (secondary N) is 1. The van der Waals surface area contributed by atoms with E-state index in [0.29, 0.717) is 29.3 Å². The van der Waals surface area contributed by atoms with Crippen LogP contribution >= 0.6 is 23.1 Å². The zero-order valence-electron chi connectivity index (χ0n) is 18.4. The van der Waals surface area contributed by atoms with Crippen molar-refractivity contribution in [3.8, 4) is 17.3 Å². The van der Waals surface area contributed by atoms with Crippen LogP contribution in [0.1, 0.15) is 27.0 Å². The predicted octanol–water partition coefficient (Wildman–Crippen LogP) is 4.97. The number of thiophene rings is 1. The van der Waals surface area contributed by atoms with Gasteiger partial charge in [-0.3, -0.25) is 14.8 Å². The quantitative estimate of drug-likeness (QED) is 0.420. The van der Waals surface area contributed by atoms with E-state index in [1.807, 2.05) is 24.3 Å². The molecule has 0 saturated heterocycles. The van der Waals surface area contributed by atoms with Crippen molar-refractivity contribution in [2.75, 3.05) is 7.11 Å². The molecule has 2 aromatic carbocycles. The summed E-state index contributed by atoms with van der Waals surface area (Å²) < 4.78 is 6.42. The van der Waals surface area contributed by atoms with E-state index >= 15 is 0 Å². The number of aliphatic imine (C=N–C) groups is 1. The van der Waals surface area contributed by atoms with Crippen LogP contribution in [-0.2, 0) is 0 Å². The molecule has 0 amide bonds. The van der Waals surface area contributed by atoms with E-state index in [1.165, 1.54) is 12.0 Å². The number of nitrogens with zero attached hydrogens (tertiary/aromatic N) is 2. The summed E-state index contributed by atoms with van der Waals surface area (Å²) in [5.74, 6) is -0.0870. The van der Waals surface area contributed by atoms with E-state index < -0.39 is 17.1 Å². The highest BCUT2D eigenvalue weighted by Gasteiger charge is 2.28. The number of rotatable bonds is 4. The fourth-order valence-corrected chi connectivity index (χ4v) is 6.26. The van der Waals surface area contributed by atoms with Gasteiger partial charge in [0.2, 0.25) is 5.88 Å². The fourth-order valence-electron chi connectivity index (χ4n) is 3.98. The molecule has 34 heavy (non-hydrogen) atoms. The molecule has 4 aromatic rings. The van der Waals surface area contributed by atoms with Crippen LogP contribution in [0, 0.1) is 6.92 Å². The number of aromatic nitrogens is 2. The normalized spacial score (nSPS) is 15.4. The summed E-state index contributed by atoms with van der Waals surface area (Å²) in [6, 6.07) is 18.7. The molecule has 7 nitrogen and oxygen atoms in total. The molecule has 2 aromatic heterocycles. The van der Waals surface area contributed by atoms with Crippen molar-refractivity contribution in [3.05, 3.63) is 96.8 Å². The maximum Gasteiger partial charge on any atom is 0.335 e. The molecule has 0 bridgehead atoms. The molecule has 9 heteroatoms. The molecule has 1 aliphatic heterocycles. The molecular weight excluding hydrogens is 470 g/mol. The summed E-state index contributed by atoms with van der Waals surface area (Å²) in [4.78, 5) is 36.3. The van der Waals surface area contributed by atoms with Gasteiger partial charge >= 0.3 is 5.69 Å². The van der Waals surface area contributed by atoms with Crippen LogP contribution in [0.5, 0.6) is 11.6 Å². The Morgan fingerprint density at radius 2 is 1.85 bits per heavy atom. The van der Waals surface area contributed by atoms with Gasteiger partial charge < -0.3 is 9.84 Å². The summed E-state index contributed by atoms with van der Waals surface area (Å²) in [5.41, 5.74) is -0.0217. The zero-order valence-corrected chi connectivity index (χ0v) is 20.1. The standard InChI is InChI=1S/C25H21N3O4S2/c1-14-11-12-20(33-14)21-13-16(26-15-7-3-6-10-19(15)34-21)22-23(29)27-25(31)28(24(22)30)17-8-4-5-9-18(17)32-2/h3-12,21,30H,13H2,1-2H3,(H,27,29,31). The Bertz CT molecular complexity index is 1530. The van der Waals surface area contributed by atoms with Crippen LogP contribution in [0.25, 0.3) is 5.69 Å². The van der Waals surface area contributed by atoms with Crippen molar-refractivity contribution < 1.29 is 9.84 Å². The molecule has 172 valence electrons. The topological polar surface area (TPSA) is 96.7 Å². The number of aryl methyl sites for hydroxylation is 1. The van der Waals surface area contributed by atoms with Gasteiger partial charge in [0.25, 0.3) is 5.56 Å². The molecule has 0 radical (unpaired) electrons. The third-order valence-electron chi connectivity index (χ3n) is 5.55. The molecule has 0 spiro atoms. The lowest BCUT2D eigenvalue weighted by molar-refractivity contribution is 0.401. The van der Waals surface area contributed by atoms with Gasteiger partial charge in [-0.15, -0.1) is 23.1 Å². The van der Waals surface area contributed by atoms with E-state index in [4.69, 9.17) is 9.73 Å². The molecule has 0 saturated carbocycles. The van der Waals surface area contributed by atoms with Gasteiger partial charge in [0, 0.05) is 26.3 Å². The van der Waals surface area contributed by atoms with Crippen molar-refractivity contribution in [3.63, 3.8) is 0 Å². The number of hydrogen-bond donors (Lipinski definition) is 2. The van der Waals surface area contributed by atoms with Gasteiger partial charge in [-0.05, 0) is 43.3 Å². The third-order valence-corrected chi connectivity index (χ3v) is 8.12. The number of aromatic amines is 1. The van der Waals surface area contributed by atoms with E-state index in [9.17, 15) is 14.7 Å². The van der Waals surface area contributed by atoms with Crippen LogP contribution in [0.15, 0.2) is 80.1 Å². The summed E-state index contributed by atoms with van der Waals surface area (Å²) in [6.45, 7) is 2.05. The summed E-state index contributed by atoms with van der Waals surface area (Å²) >= 11 is 3.37. The van der Waals surface area contributed by atoms with Crippen LogP contribution in [0.2, 0.25) is 0 Å². The van der Waals surface area contributed by atoms with E-state index in [2.05, 4.69) is 24.0 Å². The molecule has 1 atom stereocenters. The maximum absolute atomic E-state index is 13.0. The second-order valence-corrected chi connectivity index (χ2v) is 10.3. The minimum atomic E-state index is -0.759. The Morgan fingerprint density at radius 1 is 1.09 bits per heavy atom. The highest BCUT2D eigenvalue weighted by molar-refractivity contribution is 7.99. The molecule has 0 aliphatic carbocycles. The first-order valence-corrected chi connectivity index (χ1v) is 12.3. The Morgan fingerprint density at radius 3 is 2.62 bits per heavy atom. The first kappa shape index (κ1) is 22.2. The minimum Gasteiger partial charge on any atom is -0.495 e. The van der Waals surface area contributed by atoms with Crippen LogP contribution in [0.4, 0.5) is 5.69 Å². The Hall–Kier alpha value is -3.56. The number of para-hydroxylation sites is 3. The molecule has 3 heterocycles. The lowest BCUT2D eigenvalue weighted by atomic mass is 10.1. The monoisotopic (exact) mass is 491 g/mol. The molecule has 0 fully saturated rings.